The highest BCUT2D eigenvalue weighted by Crippen LogP contribution is 2.37. The van der Waals surface area contributed by atoms with E-state index in [-0.39, 0.29) is 23.3 Å². The van der Waals surface area contributed by atoms with Crippen LogP contribution in [0, 0.1) is 11.3 Å². The van der Waals surface area contributed by atoms with Gasteiger partial charge in [0.25, 0.3) is 5.91 Å². The standard InChI is InChI=1S/C20H14F3N5O2S/c1-10(29)26-13-3-2-11-5-17-18(30)28(19(31)27(17)9-12(11)4-13)14-6-15(20(21,22)23)16(7-24)25-8-14/h2-4,6,8,17H,5,9H2,1H3,(H,26,29). The summed E-state index contributed by atoms with van der Waals surface area (Å²) in [6.45, 7) is 1.66. The van der Waals surface area contributed by atoms with Crippen LogP contribution in [-0.4, -0.2) is 32.9 Å². The third-order valence-corrected chi connectivity index (χ3v) is 5.56. The van der Waals surface area contributed by atoms with Gasteiger partial charge in [-0.25, -0.2) is 4.98 Å². The molecule has 2 aliphatic rings. The lowest BCUT2D eigenvalue weighted by molar-refractivity contribution is -0.138. The minimum absolute atomic E-state index is 0.0604. The van der Waals surface area contributed by atoms with E-state index in [1.807, 2.05) is 6.07 Å². The largest absolute Gasteiger partial charge is 0.419 e. The molecule has 1 unspecified atom stereocenters. The third kappa shape index (κ3) is 3.59. The Balaban J connectivity index is 1.68. The fraction of sp³-hybridized carbons (Fsp3) is 0.250. The Bertz CT molecular complexity index is 1170. The molecule has 1 N–H and O–H groups in total. The van der Waals surface area contributed by atoms with Crippen molar-refractivity contribution in [3.63, 3.8) is 0 Å². The molecule has 1 atom stereocenters. The Morgan fingerprint density at radius 1 is 1.32 bits per heavy atom. The lowest BCUT2D eigenvalue weighted by Gasteiger charge is -2.30. The molecule has 0 radical (unpaired) electrons. The summed E-state index contributed by atoms with van der Waals surface area (Å²) < 4.78 is 40.0. The Morgan fingerprint density at radius 2 is 2.06 bits per heavy atom. The molecule has 1 aromatic heterocycles. The number of nitriles is 1. The van der Waals surface area contributed by atoms with Crippen molar-refractivity contribution in [2.24, 2.45) is 0 Å². The number of nitrogens with zero attached hydrogens (tertiary/aromatic N) is 4. The van der Waals surface area contributed by atoms with E-state index in [0.29, 0.717) is 12.1 Å². The number of aromatic nitrogens is 1. The number of thiocarbonyl (C=S) groups is 1. The molecule has 2 amide bonds. The molecule has 1 fully saturated rings. The van der Waals surface area contributed by atoms with Crippen LogP contribution in [0.15, 0.2) is 30.5 Å². The molecular formula is C20H14F3N5O2S. The molecular weight excluding hydrogens is 431 g/mol. The number of hydrogen-bond donors (Lipinski definition) is 1. The highest BCUT2D eigenvalue weighted by Gasteiger charge is 2.46. The minimum Gasteiger partial charge on any atom is -0.332 e. The van der Waals surface area contributed by atoms with Crippen molar-refractivity contribution in [1.29, 1.82) is 5.26 Å². The number of halogens is 3. The SMILES string of the molecule is CC(=O)Nc1ccc2c(c1)CN1C(=S)N(c3cnc(C#N)c(C(F)(F)F)c3)C(=O)C1C2. The van der Waals surface area contributed by atoms with Gasteiger partial charge in [-0.15, -0.1) is 0 Å². The van der Waals surface area contributed by atoms with E-state index >= 15 is 0 Å². The van der Waals surface area contributed by atoms with Crippen molar-refractivity contribution in [3.8, 4) is 6.07 Å². The molecule has 3 heterocycles. The van der Waals surface area contributed by atoms with Gasteiger partial charge in [0.05, 0.1) is 17.4 Å². The predicted octanol–water partition coefficient (Wildman–Crippen LogP) is 2.99. The first-order valence-corrected chi connectivity index (χ1v) is 9.52. The van der Waals surface area contributed by atoms with Gasteiger partial charge in [-0.3, -0.25) is 14.5 Å². The van der Waals surface area contributed by atoms with Crippen molar-refractivity contribution in [2.75, 3.05) is 10.2 Å². The van der Waals surface area contributed by atoms with Crippen LogP contribution in [0.25, 0.3) is 0 Å². The summed E-state index contributed by atoms with van der Waals surface area (Å²) in [7, 11) is 0. The van der Waals surface area contributed by atoms with Crippen molar-refractivity contribution < 1.29 is 22.8 Å². The van der Waals surface area contributed by atoms with Crippen LogP contribution in [0.3, 0.4) is 0 Å². The second-order valence-corrected chi connectivity index (χ2v) is 7.53. The first-order valence-electron chi connectivity index (χ1n) is 9.11. The maximum atomic E-state index is 13.3. The zero-order valence-corrected chi connectivity index (χ0v) is 16.8. The number of alkyl halides is 3. The van der Waals surface area contributed by atoms with Crippen LogP contribution in [-0.2, 0) is 28.7 Å². The first kappa shape index (κ1) is 20.7. The summed E-state index contributed by atoms with van der Waals surface area (Å²) >= 11 is 5.41. The highest BCUT2D eigenvalue weighted by molar-refractivity contribution is 7.80. The molecule has 11 heteroatoms. The topological polar surface area (TPSA) is 89.3 Å². The molecule has 2 aromatic rings. The van der Waals surface area contributed by atoms with Gasteiger partial charge in [-0.05, 0) is 41.5 Å². The van der Waals surface area contributed by atoms with Crippen LogP contribution in [0.1, 0.15) is 29.3 Å². The molecule has 0 bridgehead atoms. The van der Waals surface area contributed by atoms with Gasteiger partial charge in [0.2, 0.25) is 5.91 Å². The first-order chi connectivity index (χ1) is 14.6. The Hall–Kier alpha value is -3.52. The summed E-state index contributed by atoms with van der Waals surface area (Å²) in [5, 5.41) is 11.7. The summed E-state index contributed by atoms with van der Waals surface area (Å²) in [5.41, 5.74) is 0.208. The Labute approximate surface area is 180 Å². The van der Waals surface area contributed by atoms with E-state index in [9.17, 15) is 22.8 Å². The number of nitrogens with one attached hydrogen (secondary N) is 1. The zero-order chi connectivity index (χ0) is 22.5. The van der Waals surface area contributed by atoms with Crippen molar-refractivity contribution in [3.05, 3.63) is 52.8 Å². The molecule has 0 spiro atoms. The van der Waals surface area contributed by atoms with E-state index in [4.69, 9.17) is 17.5 Å². The predicted molar refractivity (Wildman–Crippen MR) is 108 cm³/mol. The van der Waals surface area contributed by atoms with Crippen LogP contribution in [0.5, 0.6) is 0 Å². The number of amides is 2. The molecule has 0 saturated carbocycles. The molecule has 2 aliphatic heterocycles. The van der Waals surface area contributed by atoms with Crippen LogP contribution >= 0.6 is 12.2 Å². The smallest absolute Gasteiger partial charge is 0.332 e. The minimum atomic E-state index is -4.80. The Morgan fingerprint density at radius 3 is 2.71 bits per heavy atom. The molecule has 1 saturated heterocycles. The van der Waals surface area contributed by atoms with Gasteiger partial charge in [-0.2, -0.15) is 18.4 Å². The maximum absolute atomic E-state index is 13.3. The second-order valence-electron chi connectivity index (χ2n) is 7.17. The number of rotatable bonds is 2. The number of fused-ring (bicyclic) bond motifs is 2. The average Bonchev–Trinajstić information content (AvgIpc) is 2.94. The van der Waals surface area contributed by atoms with E-state index in [1.165, 1.54) is 13.0 Å². The highest BCUT2D eigenvalue weighted by atomic mass is 32.1. The molecule has 31 heavy (non-hydrogen) atoms. The lowest BCUT2D eigenvalue weighted by atomic mass is 9.94. The van der Waals surface area contributed by atoms with E-state index < -0.39 is 29.4 Å². The number of carbonyl (C=O) groups is 2. The monoisotopic (exact) mass is 445 g/mol. The zero-order valence-electron chi connectivity index (χ0n) is 16.0. The van der Waals surface area contributed by atoms with Crippen LogP contribution in [0.2, 0.25) is 0 Å². The number of benzene rings is 1. The fourth-order valence-corrected chi connectivity index (χ4v) is 4.16. The molecule has 158 valence electrons. The van der Waals surface area contributed by atoms with Gasteiger partial charge < -0.3 is 10.2 Å². The number of anilines is 2. The lowest BCUT2D eigenvalue weighted by Crippen LogP contribution is -2.40. The summed E-state index contributed by atoms with van der Waals surface area (Å²) in [6, 6.07) is 6.80. The van der Waals surface area contributed by atoms with Crippen molar-refractivity contribution in [2.45, 2.75) is 32.1 Å². The van der Waals surface area contributed by atoms with E-state index in [1.54, 1.807) is 17.0 Å². The number of hydrogen-bond acceptors (Lipinski definition) is 5. The molecule has 0 aliphatic carbocycles. The van der Waals surface area contributed by atoms with Gasteiger partial charge >= 0.3 is 6.18 Å². The quantitative estimate of drug-likeness (QED) is 0.715. The number of carbonyl (C=O) groups excluding carboxylic acids is 2. The van der Waals surface area contributed by atoms with E-state index in [2.05, 4.69) is 10.3 Å². The third-order valence-electron chi connectivity index (χ3n) is 5.14. The van der Waals surface area contributed by atoms with Gasteiger partial charge in [-0.1, -0.05) is 6.07 Å². The van der Waals surface area contributed by atoms with Crippen molar-refractivity contribution >= 4 is 40.5 Å². The summed E-state index contributed by atoms with van der Waals surface area (Å²) in [5.74, 6) is -0.679. The van der Waals surface area contributed by atoms with Crippen LogP contribution < -0.4 is 10.2 Å². The van der Waals surface area contributed by atoms with Gasteiger partial charge in [0.1, 0.15) is 12.1 Å². The van der Waals surface area contributed by atoms with Crippen molar-refractivity contribution in [1.82, 2.24) is 9.88 Å². The fourth-order valence-electron chi connectivity index (χ4n) is 3.78. The molecule has 1 aromatic carbocycles. The van der Waals surface area contributed by atoms with E-state index in [0.717, 1.165) is 28.3 Å². The summed E-state index contributed by atoms with van der Waals surface area (Å²) in [6.07, 6.45) is -3.44. The average molecular weight is 445 g/mol. The Kier molecular flexibility index (Phi) is 4.89. The molecule has 4 rings (SSSR count). The maximum Gasteiger partial charge on any atom is 0.419 e. The second kappa shape index (κ2) is 7.31. The normalized spacial score (nSPS) is 17.8. The molecule has 7 nitrogen and oxygen atoms in total. The van der Waals surface area contributed by atoms with Gasteiger partial charge in [0.15, 0.2) is 10.8 Å². The summed E-state index contributed by atoms with van der Waals surface area (Å²) in [4.78, 5) is 30.6. The number of pyridine rings is 1. The van der Waals surface area contributed by atoms with Gasteiger partial charge in [0, 0.05) is 25.6 Å². The van der Waals surface area contributed by atoms with Crippen LogP contribution in [0.4, 0.5) is 24.5 Å².